The third kappa shape index (κ3) is 3.68. The molecule has 3 heteroatoms. The minimum Gasteiger partial charge on any atom is -0.398 e. The predicted octanol–water partition coefficient (Wildman–Crippen LogP) is 0.244. The van der Waals surface area contributed by atoms with Crippen LogP contribution in [0.3, 0.4) is 0 Å². The summed E-state index contributed by atoms with van der Waals surface area (Å²) in [7, 11) is 0. The lowest BCUT2D eigenvalue weighted by Crippen LogP contribution is -2.86. The van der Waals surface area contributed by atoms with Gasteiger partial charge in [0.25, 0.3) is 0 Å². The molecule has 1 aliphatic heterocycles. The largest absolute Gasteiger partial charge is 0.398 e. The van der Waals surface area contributed by atoms with E-state index in [1.54, 1.807) is 0 Å². The maximum Gasteiger partial charge on any atom is 0.112 e. The van der Waals surface area contributed by atoms with Crippen molar-refractivity contribution in [3.8, 4) is 0 Å². The van der Waals surface area contributed by atoms with Gasteiger partial charge in [-0.15, -0.1) is 0 Å². The van der Waals surface area contributed by atoms with Gasteiger partial charge in [0.05, 0.1) is 11.7 Å². The molecule has 1 fully saturated rings. The predicted molar refractivity (Wildman–Crippen MR) is 59.6 cm³/mol. The Kier molecular flexibility index (Phi) is 4.98. The summed E-state index contributed by atoms with van der Waals surface area (Å²) < 4.78 is 0. The second-order valence-electron chi connectivity index (χ2n) is 4.06. The normalized spacial score (nSPS) is 21.4. The van der Waals surface area contributed by atoms with E-state index in [0.29, 0.717) is 0 Å². The van der Waals surface area contributed by atoms with Crippen LogP contribution >= 0.6 is 0 Å². The highest BCUT2D eigenvalue weighted by Crippen LogP contribution is 2.06. The molecule has 1 rings (SSSR count). The number of piperidine rings is 1. The van der Waals surface area contributed by atoms with Crippen LogP contribution < -0.4 is 11.1 Å². The minimum absolute atomic E-state index is 0.753. The zero-order valence-corrected chi connectivity index (χ0v) is 9.50. The molecule has 82 valence electrons. The summed E-state index contributed by atoms with van der Waals surface area (Å²) in [5, 5.41) is 2.30. The van der Waals surface area contributed by atoms with Gasteiger partial charge in [-0.25, -0.2) is 0 Å². The van der Waals surface area contributed by atoms with Crippen molar-refractivity contribution in [2.75, 3.05) is 19.6 Å². The van der Waals surface area contributed by atoms with Gasteiger partial charge in [-0.1, -0.05) is 13.8 Å². The van der Waals surface area contributed by atoms with E-state index in [9.17, 15) is 0 Å². The van der Waals surface area contributed by atoms with E-state index in [1.165, 1.54) is 32.5 Å². The molecule has 3 nitrogen and oxygen atoms in total. The van der Waals surface area contributed by atoms with Crippen molar-refractivity contribution in [3.05, 3.63) is 11.9 Å². The van der Waals surface area contributed by atoms with Crippen molar-refractivity contribution >= 4 is 0 Å². The third-order valence-corrected chi connectivity index (χ3v) is 3.07. The standard InChI is InChI=1S/C11H23N3/c1-3-10(12)9-13-11-5-7-14(4-2)8-6-11/h9,11,13H,3-8,12H2,1-2H3/p+1/b10-9-. The SMILES string of the molecule is CC/C(N)=C/[NH2+]C1CCN(CC)CC1. The van der Waals surface area contributed by atoms with Gasteiger partial charge < -0.3 is 16.0 Å². The lowest BCUT2D eigenvalue weighted by molar-refractivity contribution is -0.630. The highest BCUT2D eigenvalue weighted by atomic mass is 15.1. The summed E-state index contributed by atoms with van der Waals surface area (Å²) in [5.74, 6) is 0. The molecule has 1 heterocycles. The zero-order valence-electron chi connectivity index (χ0n) is 9.50. The first kappa shape index (κ1) is 11.5. The monoisotopic (exact) mass is 198 g/mol. The number of likely N-dealkylation sites (tertiary alicyclic amines) is 1. The van der Waals surface area contributed by atoms with Crippen LogP contribution in [0.15, 0.2) is 11.9 Å². The molecule has 1 aliphatic rings. The molecular formula is C11H24N3+. The number of hydrogen-bond acceptors (Lipinski definition) is 2. The van der Waals surface area contributed by atoms with Crippen molar-refractivity contribution in [2.24, 2.45) is 5.73 Å². The Labute approximate surface area is 87.3 Å². The highest BCUT2D eigenvalue weighted by Gasteiger charge is 2.19. The number of nitrogens with two attached hydrogens (primary N) is 2. The van der Waals surface area contributed by atoms with Crippen LogP contribution in [0, 0.1) is 0 Å². The van der Waals surface area contributed by atoms with E-state index in [2.05, 4.69) is 30.3 Å². The molecule has 0 aromatic carbocycles. The second-order valence-corrected chi connectivity index (χ2v) is 4.06. The van der Waals surface area contributed by atoms with Crippen molar-refractivity contribution in [1.82, 2.24) is 4.90 Å². The van der Waals surface area contributed by atoms with E-state index >= 15 is 0 Å². The van der Waals surface area contributed by atoms with E-state index in [1.807, 2.05) is 0 Å². The number of rotatable bonds is 4. The van der Waals surface area contributed by atoms with E-state index in [4.69, 9.17) is 5.73 Å². The number of quaternary nitrogens is 1. The molecule has 0 aromatic heterocycles. The lowest BCUT2D eigenvalue weighted by atomic mass is 10.1. The van der Waals surface area contributed by atoms with Gasteiger partial charge in [0.15, 0.2) is 0 Å². The van der Waals surface area contributed by atoms with E-state index < -0.39 is 0 Å². The molecule has 0 spiro atoms. The van der Waals surface area contributed by atoms with Gasteiger partial charge in [-0.2, -0.15) is 0 Å². The Morgan fingerprint density at radius 2 is 2.07 bits per heavy atom. The average Bonchev–Trinajstić information content (AvgIpc) is 2.26. The van der Waals surface area contributed by atoms with Crippen molar-refractivity contribution < 1.29 is 5.32 Å². The van der Waals surface area contributed by atoms with Gasteiger partial charge in [0.2, 0.25) is 0 Å². The van der Waals surface area contributed by atoms with Gasteiger partial charge in [-0.3, -0.25) is 0 Å². The molecule has 0 aliphatic carbocycles. The topological polar surface area (TPSA) is 45.9 Å². The van der Waals surface area contributed by atoms with Crippen LogP contribution in [0.1, 0.15) is 33.1 Å². The fourth-order valence-corrected chi connectivity index (χ4v) is 1.84. The molecular weight excluding hydrogens is 174 g/mol. The maximum atomic E-state index is 5.76. The van der Waals surface area contributed by atoms with Gasteiger partial charge >= 0.3 is 0 Å². The summed E-state index contributed by atoms with van der Waals surface area (Å²) in [6.45, 7) is 8.02. The van der Waals surface area contributed by atoms with Crippen molar-refractivity contribution in [3.63, 3.8) is 0 Å². The van der Waals surface area contributed by atoms with E-state index in [-0.39, 0.29) is 0 Å². The summed E-state index contributed by atoms with van der Waals surface area (Å²) in [6.07, 6.45) is 5.65. The minimum atomic E-state index is 0.753. The molecule has 14 heavy (non-hydrogen) atoms. The van der Waals surface area contributed by atoms with Crippen LogP contribution in [0.25, 0.3) is 0 Å². The molecule has 1 saturated heterocycles. The Balaban J connectivity index is 2.22. The van der Waals surface area contributed by atoms with Gasteiger partial charge in [-0.05, 0) is 13.0 Å². The fraction of sp³-hybridized carbons (Fsp3) is 0.818. The summed E-state index contributed by atoms with van der Waals surface area (Å²) in [4.78, 5) is 2.51. The molecule has 0 amide bonds. The molecule has 4 N–H and O–H groups in total. The lowest BCUT2D eigenvalue weighted by Gasteiger charge is -2.28. The first-order valence-corrected chi connectivity index (χ1v) is 5.78. The number of hydrogen-bond donors (Lipinski definition) is 2. The van der Waals surface area contributed by atoms with Gasteiger partial charge in [0.1, 0.15) is 6.20 Å². The number of nitrogens with zero attached hydrogens (tertiary/aromatic N) is 1. The first-order chi connectivity index (χ1) is 6.76. The second kappa shape index (κ2) is 6.04. The van der Waals surface area contributed by atoms with Crippen LogP contribution in [0.2, 0.25) is 0 Å². The molecule has 0 atom stereocenters. The Bertz CT molecular complexity index is 181. The van der Waals surface area contributed by atoms with E-state index in [0.717, 1.165) is 18.2 Å². The fourth-order valence-electron chi connectivity index (χ4n) is 1.84. The first-order valence-electron chi connectivity index (χ1n) is 5.78. The molecule has 0 radical (unpaired) electrons. The molecule has 0 saturated carbocycles. The van der Waals surface area contributed by atoms with Crippen LogP contribution in [0.5, 0.6) is 0 Å². The Hall–Kier alpha value is -0.540. The number of allylic oxidation sites excluding steroid dienone is 1. The van der Waals surface area contributed by atoms with Crippen LogP contribution in [-0.2, 0) is 0 Å². The molecule has 0 aromatic rings. The quantitative estimate of drug-likeness (QED) is 0.680. The summed E-state index contributed by atoms with van der Waals surface area (Å²) in [5.41, 5.74) is 6.77. The maximum absolute atomic E-state index is 5.76. The smallest absolute Gasteiger partial charge is 0.112 e. The average molecular weight is 198 g/mol. The third-order valence-electron chi connectivity index (χ3n) is 3.07. The highest BCUT2D eigenvalue weighted by molar-refractivity contribution is 4.87. The van der Waals surface area contributed by atoms with Crippen LogP contribution in [-0.4, -0.2) is 30.6 Å². The summed E-state index contributed by atoms with van der Waals surface area (Å²) in [6, 6.07) is 0.753. The van der Waals surface area contributed by atoms with Crippen molar-refractivity contribution in [1.29, 1.82) is 0 Å². The Morgan fingerprint density at radius 1 is 1.43 bits per heavy atom. The molecule has 0 bridgehead atoms. The van der Waals surface area contributed by atoms with Crippen molar-refractivity contribution in [2.45, 2.75) is 39.2 Å². The van der Waals surface area contributed by atoms with Crippen LogP contribution in [0.4, 0.5) is 0 Å². The Morgan fingerprint density at radius 3 is 2.57 bits per heavy atom. The summed E-state index contributed by atoms with van der Waals surface area (Å²) >= 11 is 0. The zero-order chi connectivity index (χ0) is 10.4. The molecule has 0 unspecified atom stereocenters. The van der Waals surface area contributed by atoms with Gasteiger partial charge in [0, 0.05) is 25.9 Å².